The predicted molar refractivity (Wildman–Crippen MR) is 51.5 cm³/mol. The van der Waals surface area contributed by atoms with E-state index >= 15 is 0 Å². The lowest BCUT2D eigenvalue weighted by atomic mass is 9.93. The van der Waals surface area contributed by atoms with Gasteiger partial charge in [0.15, 0.2) is 0 Å². The van der Waals surface area contributed by atoms with Crippen LogP contribution in [-0.2, 0) is 12.6 Å². The molecule has 0 bridgehead atoms. The lowest BCUT2D eigenvalue weighted by Crippen LogP contribution is -2.43. The monoisotopic (exact) mass is 215 g/mol. The van der Waals surface area contributed by atoms with Gasteiger partial charge in [0.05, 0.1) is 5.56 Å². The van der Waals surface area contributed by atoms with Gasteiger partial charge in [0, 0.05) is 0 Å². The molecule has 1 aromatic carbocycles. The smallest absolute Gasteiger partial charge is 0.316 e. The average molecular weight is 215 g/mol. The summed E-state index contributed by atoms with van der Waals surface area (Å²) in [6.45, 7) is 1.83. The molecule has 1 aliphatic rings. The second-order valence-electron chi connectivity index (χ2n) is 3.93. The minimum atomic E-state index is -4.23. The van der Waals surface area contributed by atoms with Crippen molar-refractivity contribution >= 4 is 0 Å². The maximum Gasteiger partial charge on any atom is 0.416 e. The Labute approximate surface area is 86.3 Å². The maximum absolute atomic E-state index is 12.4. The summed E-state index contributed by atoms with van der Waals surface area (Å²) in [6, 6.07) is 5.60. The Morgan fingerprint density at radius 1 is 1.27 bits per heavy atom. The van der Waals surface area contributed by atoms with Gasteiger partial charge in [-0.05, 0) is 37.1 Å². The summed E-state index contributed by atoms with van der Waals surface area (Å²) in [5, 5.41) is 3.10. The topological polar surface area (TPSA) is 12.0 Å². The normalized spacial score (nSPS) is 17.5. The van der Waals surface area contributed by atoms with Crippen molar-refractivity contribution in [3.63, 3.8) is 0 Å². The SMILES string of the molecule is FC(F)(F)c1cccc(CC2CNC2)c1. The number of nitrogens with one attached hydrogen (secondary N) is 1. The van der Waals surface area contributed by atoms with E-state index in [4.69, 9.17) is 0 Å². The quantitative estimate of drug-likeness (QED) is 0.799. The van der Waals surface area contributed by atoms with Gasteiger partial charge >= 0.3 is 6.18 Å². The van der Waals surface area contributed by atoms with Gasteiger partial charge < -0.3 is 5.32 Å². The average Bonchev–Trinajstić information content (AvgIpc) is 2.11. The number of hydrogen-bond donors (Lipinski definition) is 1. The first-order valence-electron chi connectivity index (χ1n) is 4.92. The fourth-order valence-electron chi connectivity index (χ4n) is 1.70. The molecule has 1 aromatic rings. The van der Waals surface area contributed by atoms with Gasteiger partial charge in [0.2, 0.25) is 0 Å². The highest BCUT2D eigenvalue weighted by Crippen LogP contribution is 2.30. The molecule has 1 fully saturated rings. The minimum absolute atomic E-state index is 0.494. The van der Waals surface area contributed by atoms with E-state index in [0.717, 1.165) is 31.1 Å². The zero-order valence-electron chi connectivity index (χ0n) is 8.14. The van der Waals surface area contributed by atoms with Gasteiger partial charge in [-0.3, -0.25) is 0 Å². The van der Waals surface area contributed by atoms with Crippen molar-refractivity contribution in [2.75, 3.05) is 13.1 Å². The summed E-state index contributed by atoms with van der Waals surface area (Å²) < 4.78 is 37.2. The Bertz CT molecular complexity index is 342. The number of benzene rings is 1. The molecule has 1 nitrogen and oxygen atoms in total. The third-order valence-corrected chi connectivity index (χ3v) is 2.64. The zero-order valence-corrected chi connectivity index (χ0v) is 8.14. The van der Waals surface area contributed by atoms with Crippen LogP contribution in [0.2, 0.25) is 0 Å². The van der Waals surface area contributed by atoms with Gasteiger partial charge in [-0.2, -0.15) is 13.2 Å². The number of rotatable bonds is 2. The van der Waals surface area contributed by atoms with Gasteiger partial charge in [-0.1, -0.05) is 18.2 Å². The molecular weight excluding hydrogens is 203 g/mol. The first kappa shape index (κ1) is 10.5. The molecule has 15 heavy (non-hydrogen) atoms. The lowest BCUT2D eigenvalue weighted by Gasteiger charge is -2.27. The Balaban J connectivity index is 2.11. The van der Waals surface area contributed by atoms with E-state index in [2.05, 4.69) is 5.32 Å². The molecule has 82 valence electrons. The summed E-state index contributed by atoms with van der Waals surface area (Å²) in [5.74, 6) is 0.494. The van der Waals surface area contributed by atoms with Gasteiger partial charge in [0.25, 0.3) is 0 Å². The molecule has 0 saturated carbocycles. The van der Waals surface area contributed by atoms with Gasteiger partial charge in [0.1, 0.15) is 0 Å². The molecule has 2 rings (SSSR count). The molecule has 1 aliphatic heterocycles. The lowest BCUT2D eigenvalue weighted by molar-refractivity contribution is -0.137. The molecule has 0 amide bonds. The minimum Gasteiger partial charge on any atom is -0.316 e. The third kappa shape index (κ3) is 2.50. The molecule has 0 aliphatic carbocycles. The standard InChI is InChI=1S/C11H12F3N/c12-11(13,14)10-3-1-2-8(5-10)4-9-6-15-7-9/h1-3,5,9,15H,4,6-7H2. The molecule has 0 aromatic heterocycles. The van der Waals surface area contributed by atoms with Crippen molar-refractivity contribution in [1.82, 2.24) is 5.32 Å². The van der Waals surface area contributed by atoms with E-state index in [9.17, 15) is 13.2 Å². The van der Waals surface area contributed by atoms with E-state index in [-0.39, 0.29) is 0 Å². The predicted octanol–water partition coefficient (Wildman–Crippen LogP) is 2.47. The van der Waals surface area contributed by atoms with Crippen molar-refractivity contribution in [2.45, 2.75) is 12.6 Å². The molecule has 0 spiro atoms. The van der Waals surface area contributed by atoms with Crippen LogP contribution in [0.15, 0.2) is 24.3 Å². The largest absolute Gasteiger partial charge is 0.416 e. The van der Waals surface area contributed by atoms with Crippen LogP contribution in [0.25, 0.3) is 0 Å². The third-order valence-electron chi connectivity index (χ3n) is 2.64. The van der Waals surface area contributed by atoms with E-state index in [1.807, 2.05) is 0 Å². The van der Waals surface area contributed by atoms with E-state index in [0.29, 0.717) is 5.92 Å². The molecule has 1 heterocycles. The van der Waals surface area contributed by atoms with Crippen molar-refractivity contribution in [2.24, 2.45) is 5.92 Å². The second-order valence-corrected chi connectivity index (χ2v) is 3.93. The Hall–Kier alpha value is -1.03. The van der Waals surface area contributed by atoms with Crippen molar-refractivity contribution in [3.8, 4) is 0 Å². The fraction of sp³-hybridized carbons (Fsp3) is 0.455. The summed E-state index contributed by atoms with van der Waals surface area (Å²) in [5.41, 5.74) is 0.226. The van der Waals surface area contributed by atoms with Gasteiger partial charge in [-0.25, -0.2) is 0 Å². The summed E-state index contributed by atoms with van der Waals surface area (Å²) in [7, 11) is 0. The molecule has 1 saturated heterocycles. The van der Waals surface area contributed by atoms with Crippen LogP contribution >= 0.6 is 0 Å². The second kappa shape index (κ2) is 3.85. The first-order chi connectivity index (χ1) is 7.05. The van der Waals surface area contributed by atoms with Crippen molar-refractivity contribution in [3.05, 3.63) is 35.4 Å². The summed E-state index contributed by atoms with van der Waals surface area (Å²) in [4.78, 5) is 0. The number of hydrogen-bond acceptors (Lipinski definition) is 1. The van der Waals surface area contributed by atoms with Crippen LogP contribution in [0, 0.1) is 5.92 Å². The molecule has 1 N–H and O–H groups in total. The van der Waals surface area contributed by atoms with Crippen LogP contribution in [0.1, 0.15) is 11.1 Å². The molecule has 0 unspecified atom stereocenters. The first-order valence-corrected chi connectivity index (χ1v) is 4.92. The molecule has 4 heteroatoms. The highest BCUT2D eigenvalue weighted by Gasteiger charge is 2.30. The Kier molecular flexibility index (Phi) is 2.69. The highest BCUT2D eigenvalue weighted by atomic mass is 19.4. The highest BCUT2D eigenvalue weighted by molar-refractivity contribution is 5.26. The number of halogens is 3. The van der Waals surface area contributed by atoms with E-state index < -0.39 is 11.7 Å². The van der Waals surface area contributed by atoms with Gasteiger partial charge in [-0.15, -0.1) is 0 Å². The molecular formula is C11H12F3N. The van der Waals surface area contributed by atoms with E-state index in [1.165, 1.54) is 12.1 Å². The summed E-state index contributed by atoms with van der Waals surface area (Å²) >= 11 is 0. The Morgan fingerprint density at radius 3 is 2.53 bits per heavy atom. The van der Waals surface area contributed by atoms with Crippen LogP contribution in [0.5, 0.6) is 0 Å². The van der Waals surface area contributed by atoms with E-state index in [1.54, 1.807) is 6.07 Å². The fourth-order valence-corrected chi connectivity index (χ4v) is 1.70. The van der Waals surface area contributed by atoms with Crippen LogP contribution in [0.3, 0.4) is 0 Å². The number of alkyl halides is 3. The van der Waals surface area contributed by atoms with Crippen LogP contribution in [0.4, 0.5) is 13.2 Å². The summed E-state index contributed by atoms with van der Waals surface area (Å²) in [6.07, 6.45) is -3.50. The molecule has 0 radical (unpaired) electrons. The van der Waals surface area contributed by atoms with Crippen molar-refractivity contribution in [1.29, 1.82) is 0 Å². The Morgan fingerprint density at radius 2 is 2.00 bits per heavy atom. The van der Waals surface area contributed by atoms with Crippen LogP contribution in [-0.4, -0.2) is 13.1 Å². The van der Waals surface area contributed by atoms with Crippen LogP contribution < -0.4 is 5.32 Å². The maximum atomic E-state index is 12.4. The zero-order chi connectivity index (χ0) is 10.9. The molecule has 0 atom stereocenters. The van der Waals surface area contributed by atoms with Crippen molar-refractivity contribution < 1.29 is 13.2 Å².